The zero-order valence-corrected chi connectivity index (χ0v) is 12.3. The Morgan fingerprint density at radius 3 is 2.90 bits per heavy atom. The lowest BCUT2D eigenvalue weighted by molar-refractivity contribution is 0.151. The molecule has 0 radical (unpaired) electrons. The highest BCUT2D eigenvalue weighted by molar-refractivity contribution is 5.38. The third-order valence-corrected chi connectivity index (χ3v) is 3.39. The monoisotopic (exact) mass is 274 g/mol. The fraction of sp³-hybridized carbons (Fsp3) is 0.438. The number of methoxy groups -OCH3 is 1. The molecule has 108 valence electrons. The summed E-state index contributed by atoms with van der Waals surface area (Å²) in [4.78, 5) is 4.33. The van der Waals surface area contributed by atoms with E-state index in [1.165, 1.54) is 0 Å². The van der Waals surface area contributed by atoms with E-state index in [-0.39, 0.29) is 0 Å². The molecule has 0 spiro atoms. The first-order valence-electron chi connectivity index (χ1n) is 6.98. The Morgan fingerprint density at radius 1 is 1.40 bits per heavy atom. The summed E-state index contributed by atoms with van der Waals surface area (Å²) >= 11 is 0. The van der Waals surface area contributed by atoms with Crippen molar-refractivity contribution in [1.82, 2.24) is 9.55 Å². The summed E-state index contributed by atoms with van der Waals surface area (Å²) in [6.07, 6.45) is 5.06. The standard InChI is InChI=1S/C16H22N2O2/c1-4-5-16-17-8-9-18(16)11-14(19)13-10-12(2)6-7-15(13)20-3/h6-10,14,19H,4-5,11H2,1-3H3. The Bertz CT molecular complexity index is 563. The second-order valence-electron chi connectivity index (χ2n) is 5.01. The second kappa shape index (κ2) is 6.57. The summed E-state index contributed by atoms with van der Waals surface area (Å²) in [5.74, 6) is 1.73. The summed E-state index contributed by atoms with van der Waals surface area (Å²) in [6, 6.07) is 5.85. The molecular formula is C16H22N2O2. The van der Waals surface area contributed by atoms with Crippen LogP contribution in [0.2, 0.25) is 0 Å². The van der Waals surface area contributed by atoms with Crippen LogP contribution in [0.15, 0.2) is 30.6 Å². The molecule has 0 bridgehead atoms. The molecule has 0 aliphatic carbocycles. The Labute approximate surface area is 120 Å². The lowest BCUT2D eigenvalue weighted by atomic mass is 10.0. The predicted octanol–water partition coefficient (Wildman–Crippen LogP) is 2.89. The normalized spacial score (nSPS) is 12.4. The van der Waals surface area contributed by atoms with E-state index in [4.69, 9.17) is 4.74 Å². The largest absolute Gasteiger partial charge is 0.496 e. The van der Waals surface area contributed by atoms with Crippen LogP contribution in [-0.4, -0.2) is 21.8 Å². The van der Waals surface area contributed by atoms with Crippen LogP contribution in [0.1, 0.15) is 36.4 Å². The van der Waals surface area contributed by atoms with Crippen molar-refractivity contribution in [2.75, 3.05) is 7.11 Å². The van der Waals surface area contributed by atoms with Gasteiger partial charge in [0.1, 0.15) is 17.7 Å². The fourth-order valence-corrected chi connectivity index (χ4v) is 2.36. The van der Waals surface area contributed by atoms with E-state index in [9.17, 15) is 5.11 Å². The summed E-state index contributed by atoms with van der Waals surface area (Å²) in [6.45, 7) is 4.63. The number of hydrogen-bond donors (Lipinski definition) is 1. The summed E-state index contributed by atoms with van der Waals surface area (Å²) in [5, 5.41) is 10.5. The van der Waals surface area contributed by atoms with Crippen molar-refractivity contribution < 1.29 is 9.84 Å². The van der Waals surface area contributed by atoms with Gasteiger partial charge in [0.25, 0.3) is 0 Å². The van der Waals surface area contributed by atoms with Gasteiger partial charge in [-0.2, -0.15) is 0 Å². The van der Waals surface area contributed by atoms with Crippen molar-refractivity contribution >= 4 is 0 Å². The zero-order chi connectivity index (χ0) is 14.5. The molecule has 2 aromatic rings. The van der Waals surface area contributed by atoms with Crippen molar-refractivity contribution in [2.45, 2.75) is 39.3 Å². The van der Waals surface area contributed by atoms with Gasteiger partial charge in [0.2, 0.25) is 0 Å². The number of aryl methyl sites for hydroxylation is 2. The lowest BCUT2D eigenvalue weighted by Gasteiger charge is -2.17. The van der Waals surface area contributed by atoms with Crippen molar-refractivity contribution in [3.63, 3.8) is 0 Å². The van der Waals surface area contributed by atoms with E-state index < -0.39 is 6.10 Å². The van der Waals surface area contributed by atoms with Crippen LogP contribution in [0, 0.1) is 6.92 Å². The summed E-state index contributed by atoms with van der Waals surface area (Å²) in [5.41, 5.74) is 1.93. The van der Waals surface area contributed by atoms with Gasteiger partial charge < -0.3 is 14.4 Å². The number of aliphatic hydroxyl groups excluding tert-OH is 1. The third kappa shape index (κ3) is 3.20. The van der Waals surface area contributed by atoms with Gasteiger partial charge in [-0.25, -0.2) is 4.98 Å². The quantitative estimate of drug-likeness (QED) is 0.881. The fourth-order valence-electron chi connectivity index (χ4n) is 2.36. The molecule has 0 saturated heterocycles. The van der Waals surface area contributed by atoms with Gasteiger partial charge in [0, 0.05) is 24.4 Å². The van der Waals surface area contributed by atoms with Gasteiger partial charge >= 0.3 is 0 Å². The molecule has 1 atom stereocenters. The van der Waals surface area contributed by atoms with Crippen molar-refractivity contribution in [3.8, 4) is 5.75 Å². The SMILES string of the molecule is CCCc1nccn1CC(O)c1cc(C)ccc1OC. The van der Waals surface area contributed by atoms with E-state index in [1.54, 1.807) is 13.3 Å². The number of aliphatic hydroxyl groups is 1. The maximum Gasteiger partial charge on any atom is 0.124 e. The van der Waals surface area contributed by atoms with Crippen LogP contribution in [-0.2, 0) is 13.0 Å². The van der Waals surface area contributed by atoms with Gasteiger partial charge in [-0.1, -0.05) is 18.6 Å². The van der Waals surface area contributed by atoms with E-state index >= 15 is 0 Å². The molecule has 2 rings (SSSR count). The first-order chi connectivity index (χ1) is 9.65. The molecule has 4 heteroatoms. The second-order valence-corrected chi connectivity index (χ2v) is 5.01. The van der Waals surface area contributed by atoms with Crippen molar-refractivity contribution in [3.05, 3.63) is 47.5 Å². The Balaban J connectivity index is 2.21. The highest BCUT2D eigenvalue weighted by Gasteiger charge is 2.15. The Morgan fingerprint density at radius 2 is 2.20 bits per heavy atom. The van der Waals surface area contributed by atoms with Gasteiger partial charge in [0.05, 0.1) is 13.7 Å². The number of ether oxygens (including phenoxy) is 1. The molecule has 1 aromatic carbocycles. The third-order valence-electron chi connectivity index (χ3n) is 3.39. The number of benzene rings is 1. The first kappa shape index (κ1) is 14.6. The number of rotatable bonds is 6. The molecule has 0 aliphatic rings. The van der Waals surface area contributed by atoms with Crippen molar-refractivity contribution in [2.24, 2.45) is 0 Å². The van der Waals surface area contributed by atoms with Crippen LogP contribution in [0.5, 0.6) is 5.75 Å². The first-order valence-corrected chi connectivity index (χ1v) is 6.98. The van der Waals surface area contributed by atoms with Gasteiger partial charge in [-0.05, 0) is 25.5 Å². The van der Waals surface area contributed by atoms with Crippen LogP contribution >= 0.6 is 0 Å². The summed E-state index contributed by atoms with van der Waals surface area (Å²) < 4.78 is 7.34. The van der Waals surface area contributed by atoms with Crippen LogP contribution in [0.3, 0.4) is 0 Å². The molecule has 20 heavy (non-hydrogen) atoms. The average molecular weight is 274 g/mol. The number of aromatic nitrogens is 2. The molecule has 1 N–H and O–H groups in total. The Hall–Kier alpha value is -1.81. The van der Waals surface area contributed by atoms with Crippen LogP contribution in [0.25, 0.3) is 0 Å². The maximum absolute atomic E-state index is 10.5. The molecule has 0 amide bonds. The molecule has 1 unspecified atom stereocenters. The molecule has 0 fully saturated rings. The summed E-state index contributed by atoms with van der Waals surface area (Å²) in [7, 11) is 1.63. The van der Waals surface area contributed by atoms with E-state index in [0.717, 1.165) is 35.5 Å². The van der Waals surface area contributed by atoms with E-state index in [2.05, 4.69) is 11.9 Å². The molecule has 0 aliphatic heterocycles. The van der Waals surface area contributed by atoms with Gasteiger partial charge in [0.15, 0.2) is 0 Å². The minimum absolute atomic E-state index is 0.495. The number of nitrogens with zero attached hydrogens (tertiary/aromatic N) is 2. The lowest BCUT2D eigenvalue weighted by Crippen LogP contribution is -2.12. The van der Waals surface area contributed by atoms with Crippen LogP contribution in [0.4, 0.5) is 0 Å². The highest BCUT2D eigenvalue weighted by atomic mass is 16.5. The average Bonchev–Trinajstić information content (AvgIpc) is 2.86. The number of imidazole rings is 1. The van der Waals surface area contributed by atoms with E-state index in [1.807, 2.05) is 35.9 Å². The minimum Gasteiger partial charge on any atom is -0.496 e. The van der Waals surface area contributed by atoms with Crippen LogP contribution < -0.4 is 4.74 Å². The van der Waals surface area contributed by atoms with Crippen molar-refractivity contribution in [1.29, 1.82) is 0 Å². The number of hydrogen-bond acceptors (Lipinski definition) is 3. The predicted molar refractivity (Wildman–Crippen MR) is 78.9 cm³/mol. The minimum atomic E-state index is -0.602. The molecule has 1 aromatic heterocycles. The van der Waals surface area contributed by atoms with Gasteiger partial charge in [-0.15, -0.1) is 0 Å². The molecule has 0 saturated carbocycles. The molecular weight excluding hydrogens is 252 g/mol. The highest BCUT2D eigenvalue weighted by Crippen LogP contribution is 2.27. The Kier molecular flexibility index (Phi) is 4.79. The van der Waals surface area contributed by atoms with E-state index in [0.29, 0.717) is 6.54 Å². The molecule has 4 nitrogen and oxygen atoms in total. The maximum atomic E-state index is 10.5. The van der Waals surface area contributed by atoms with Gasteiger partial charge in [-0.3, -0.25) is 0 Å². The topological polar surface area (TPSA) is 47.3 Å². The zero-order valence-electron chi connectivity index (χ0n) is 12.3. The molecule has 1 heterocycles. The smallest absolute Gasteiger partial charge is 0.124 e.